The van der Waals surface area contributed by atoms with E-state index in [0.29, 0.717) is 12.5 Å². The van der Waals surface area contributed by atoms with Crippen molar-refractivity contribution in [1.29, 1.82) is 0 Å². The Morgan fingerprint density at radius 1 is 1.32 bits per heavy atom. The zero-order chi connectivity index (χ0) is 13.9. The third-order valence-corrected chi connectivity index (χ3v) is 3.95. The Bertz CT molecular complexity index is 431. The number of benzene rings is 1. The van der Waals surface area contributed by atoms with Crippen LogP contribution in [0, 0.1) is 5.92 Å². The normalized spacial score (nSPS) is 18.5. The second kappa shape index (κ2) is 5.80. The van der Waals surface area contributed by atoms with Gasteiger partial charge in [-0.25, -0.2) is 0 Å². The van der Waals surface area contributed by atoms with E-state index in [1.807, 2.05) is 18.2 Å². The summed E-state index contributed by atoms with van der Waals surface area (Å²) in [6.45, 7) is 4.43. The van der Waals surface area contributed by atoms with Gasteiger partial charge in [-0.15, -0.1) is 0 Å². The highest BCUT2D eigenvalue weighted by Crippen LogP contribution is 2.39. The van der Waals surface area contributed by atoms with Crippen LogP contribution in [0.5, 0.6) is 11.5 Å². The van der Waals surface area contributed by atoms with Crippen molar-refractivity contribution in [3.8, 4) is 11.5 Å². The quantitative estimate of drug-likeness (QED) is 0.854. The molecule has 1 unspecified atom stereocenters. The van der Waals surface area contributed by atoms with E-state index in [2.05, 4.69) is 6.92 Å². The first-order valence-corrected chi connectivity index (χ1v) is 6.63. The lowest BCUT2D eigenvalue weighted by Gasteiger charge is -2.37. The third kappa shape index (κ3) is 2.85. The van der Waals surface area contributed by atoms with Gasteiger partial charge < -0.3 is 19.9 Å². The van der Waals surface area contributed by atoms with Gasteiger partial charge in [0.15, 0.2) is 0 Å². The highest BCUT2D eigenvalue weighted by molar-refractivity contribution is 5.45. The van der Waals surface area contributed by atoms with Crippen LogP contribution in [0.15, 0.2) is 18.2 Å². The van der Waals surface area contributed by atoms with E-state index >= 15 is 0 Å². The van der Waals surface area contributed by atoms with Crippen molar-refractivity contribution in [2.24, 2.45) is 11.7 Å². The predicted octanol–water partition coefficient (Wildman–Crippen LogP) is 1.96. The molecule has 0 radical (unpaired) electrons. The Morgan fingerprint density at radius 3 is 2.53 bits per heavy atom. The van der Waals surface area contributed by atoms with E-state index in [4.69, 9.17) is 19.9 Å². The van der Waals surface area contributed by atoms with Gasteiger partial charge in [-0.2, -0.15) is 0 Å². The van der Waals surface area contributed by atoms with Crippen LogP contribution in [-0.4, -0.2) is 34.0 Å². The number of ether oxygens (including phenoxy) is 3. The van der Waals surface area contributed by atoms with Crippen molar-refractivity contribution in [2.75, 3.05) is 34.0 Å². The summed E-state index contributed by atoms with van der Waals surface area (Å²) in [4.78, 5) is 0. The number of hydrogen-bond acceptors (Lipinski definition) is 4. The lowest BCUT2D eigenvalue weighted by atomic mass is 9.74. The molecule has 1 aliphatic rings. The van der Waals surface area contributed by atoms with E-state index in [0.717, 1.165) is 36.7 Å². The molecule has 1 fully saturated rings. The van der Waals surface area contributed by atoms with Crippen LogP contribution in [0.25, 0.3) is 0 Å². The molecule has 106 valence electrons. The van der Waals surface area contributed by atoms with Crippen LogP contribution in [0.2, 0.25) is 0 Å². The third-order valence-electron chi connectivity index (χ3n) is 3.95. The van der Waals surface area contributed by atoms with Gasteiger partial charge in [-0.05, 0) is 24.6 Å². The maximum atomic E-state index is 6.04. The van der Waals surface area contributed by atoms with Crippen LogP contribution in [-0.2, 0) is 10.2 Å². The van der Waals surface area contributed by atoms with E-state index in [9.17, 15) is 0 Å². The number of nitrogens with two attached hydrogens (primary N) is 1. The van der Waals surface area contributed by atoms with Crippen LogP contribution >= 0.6 is 0 Å². The number of rotatable bonds is 6. The number of methoxy groups -OCH3 is 2. The highest BCUT2D eigenvalue weighted by atomic mass is 16.5. The van der Waals surface area contributed by atoms with Gasteiger partial charge in [-0.1, -0.05) is 6.92 Å². The monoisotopic (exact) mass is 265 g/mol. The average Bonchev–Trinajstić information content (AvgIpc) is 2.42. The van der Waals surface area contributed by atoms with Crippen molar-refractivity contribution >= 4 is 0 Å². The molecule has 4 nitrogen and oxygen atoms in total. The zero-order valence-corrected chi connectivity index (χ0v) is 11.9. The first kappa shape index (κ1) is 14.2. The van der Waals surface area contributed by atoms with Gasteiger partial charge in [-0.3, -0.25) is 0 Å². The molecule has 0 aromatic heterocycles. The van der Waals surface area contributed by atoms with Crippen molar-refractivity contribution in [1.82, 2.24) is 0 Å². The summed E-state index contributed by atoms with van der Waals surface area (Å²) in [6, 6.07) is 5.89. The molecule has 2 rings (SSSR count). The summed E-state index contributed by atoms with van der Waals surface area (Å²) < 4.78 is 16.1. The largest absolute Gasteiger partial charge is 0.497 e. The molecule has 1 saturated heterocycles. The second-order valence-electron chi connectivity index (χ2n) is 5.44. The Labute approximate surface area is 114 Å². The molecule has 4 heteroatoms. The van der Waals surface area contributed by atoms with Crippen LogP contribution in [0.3, 0.4) is 0 Å². The van der Waals surface area contributed by atoms with Gasteiger partial charge in [0.2, 0.25) is 0 Å². The van der Waals surface area contributed by atoms with E-state index < -0.39 is 0 Å². The summed E-state index contributed by atoms with van der Waals surface area (Å²) in [5, 5.41) is 0. The molecule has 0 spiro atoms. The minimum atomic E-state index is -0.117. The van der Waals surface area contributed by atoms with Crippen LogP contribution in [0.4, 0.5) is 0 Å². The van der Waals surface area contributed by atoms with Crippen molar-refractivity contribution in [2.45, 2.75) is 18.8 Å². The molecule has 1 heterocycles. The van der Waals surface area contributed by atoms with Gasteiger partial charge in [0.25, 0.3) is 0 Å². The summed E-state index contributed by atoms with van der Waals surface area (Å²) in [5.74, 6) is 2.29. The Balaban J connectivity index is 2.33. The summed E-state index contributed by atoms with van der Waals surface area (Å²) >= 11 is 0. The molecule has 0 bridgehead atoms. The smallest absolute Gasteiger partial charge is 0.122 e. The molecule has 2 N–H and O–H groups in total. The Morgan fingerprint density at radius 2 is 2.05 bits per heavy atom. The lowest BCUT2D eigenvalue weighted by molar-refractivity contribution is -0.0443. The molecule has 1 atom stereocenters. The fourth-order valence-electron chi connectivity index (χ4n) is 2.63. The van der Waals surface area contributed by atoms with E-state index in [-0.39, 0.29) is 5.41 Å². The van der Waals surface area contributed by atoms with E-state index in [1.54, 1.807) is 14.2 Å². The summed E-state index contributed by atoms with van der Waals surface area (Å²) in [5.41, 5.74) is 7.04. The molecule has 1 aromatic rings. The lowest BCUT2D eigenvalue weighted by Crippen LogP contribution is -2.40. The molecule has 1 aromatic carbocycles. The molecule has 0 aliphatic carbocycles. The van der Waals surface area contributed by atoms with Gasteiger partial charge in [0, 0.05) is 23.4 Å². The minimum absolute atomic E-state index is 0.117. The molecule has 19 heavy (non-hydrogen) atoms. The zero-order valence-electron chi connectivity index (χ0n) is 11.9. The first-order chi connectivity index (χ1) is 9.12. The Hall–Kier alpha value is -1.26. The van der Waals surface area contributed by atoms with Crippen molar-refractivity contribution in [3.63, 3.8) is 0 Å². The maximum absolute atomic E-state index is 6.04. The van der Waals surface area contributed by atoms with Gasteiger partial charge in [0.05, 0.1) is 27.4 Å². The van der Waals surface area contributed by atoms with Gasteiger partial charge in [0.1, 0.15) is 11.5 Å². The molecule has 0 amide bonds. The predicted molar refractivity (Wildman–Crippen MR) is 74.9 cm³/mol. The fourth-order valence-corrected chi connectivity index (χ4v) is 2.63. The average molecular weight is 265 g/mol. The Kier molecular flexibility index (Phi) is 4.32. The van der Waals surface area contributed by atoms with Crippen molar-refractivity contribution in [3.05, 3.63) is 23.8 Å². The molecular formula is C15H23NO3. The molecular weight excluding hydrogens is 242 g/mol. The minimum Gasteiger partial charge on any atom is -0.497 e. The SMILES string of the molecule is COc1ccc(OC)c(C(C)(CN)CC2COC2)c1. The van der Waals surface area contributed by atoms with Crippen LogP contribution < -0.4 is 15.2 Å². The topological polar surface area (TPSA) is 53.7 Å². The second-order valence-corrected chi connectivity index (χ2v) is 5.44. The summed E-state index contributed by atoms with van der Waals surface area (Å²) in [6.07, 6.45) is 1.01. The summed E-state index contributed by atoms with van der Waals surface area (Å²) in [7, 11) is 3.36. The fraction of sp³-hybridized carbons (Fsp3) is 0.600. The first-order valence-electron chi connectivity index (χ1n) is 6.63. The number of hydrogen-bond donors (Lipinski definition) is 1. The standard InChI is InChI=1S/C15H23NO3/c1-15(10-16,7-11-8-19-9-11)13-6-12(17-2)4-5-14(13)18-3/h4-6,11H,7-10,16H2,1-3H3. The van der Waals surface area contributed by atoms with Gasteiger partial charge >= 0.3 is 0 Å². The maximum Gasteiger partial charge on any atom is 0.122 e. The molecule has 0 saturated carbocycles. The van der Waals surface area contributed by atoms with Crippen molar-refractivity contribution < 1.29 is 14.2 Å². The highest BCUT2D eigenvalue weighted by Gasteiger charge is 2.34. The van der Waals surface area contributed by atoms with Crippen LogP contribution in [0.1, 0.15) is 18.9 Å². The van der Waals surface area contributed by atoms with E-state index in [1.165, 1.54) is 0 Å². The molecule has 1 aliphatic heterocycles.